The third-order valence-corrected chi connectivity index (χ3v) is 8.30. The molecule has 0 atom stereocenters. The summed E-state index contributed by atoms with van der Waals surface area (Å²) in [4.78, 5) is 26.3. The number of anilines is 1. The van der Waals surface area contributed by atoms with Crippen molar-refractivity contribution in [3.8, 4) is 11.5 Å². The molecule has 0 radical (unpaired) electrons. The van der Waals surface area contributed by atoms with Crippen LogP contribution in [0.3, 0.4) is 0 Å². The predicted molar refractivity (Wildman–Crippen MR) is 141 cm³/mol. The van der Waals surface area contributed by atoms with Gasteiger partial charge in [-0.15, -0.1) is 11.3 Å². The summed E-state index contributed by atoms with van der Waals surface area (Å²) in [6, 6.07) is 17.7. The van der Waals surface area contributed by atoms with Crippen molar-refractivity contribution in [3.63, 3.8) is 0 Å². The molecule has 6 rings (SSSR count). The van der Waals surface area contributed by atoms with Crippen LogP contribution in [-0.4, -0.2) is 23.1 Å². The van der Waals surface area contributed by atoms with E-state index in [2.05, 4.69) is 12.1 Å². The minimum absolute atomic E-state index is 0.0301. The molecule has 2 aliphatic rings. The van der Waals surface area contributed by atoms with Gasteiger partial charge in [0.2, 0.25) is 11.8 Å². The van der Waals surface area contributed by atoms with Crippen molar-refractivity contribution in [2.75, 3.05) is 11.4 Å². The van der Waals surface area contributed by atoms with E-state index in [9.17, 15) is 4.79 Å². The SMILES string of the molecule is Cc1oc(-c2ccccc2Cl)nc1CN1C(=O)CN=C(c2ccccc2)c2c1sc1c2CCCC1. The highest BCUT2D eigenvalue weighted by atomic mass is 35.5. The van der Waals surface area contributed by atoms with Crippen LogP contribution in [-0.2, 0) is 24.2 Å². The van der Waals surface area contributed by atoms with E-state index in [1.54, 1.807) is 11.3 Å². The first-order valence-corrected chi connectivity index (χ1v) is 13.1. The van der Waals surface area contributed by atoms with Crippen molar-refractivity contribution in [1.29, 1.82) is 0 Å². The average molecular weight is 502 g/mol. The van der Waals surface area contributed by atoms with Crippen molar-refractivity contribution in [2.45, 2.75) is 39.2 Å². The molecule has 2 aromatic heterocycles. The largest absolute Gasteiger partial charge is 0.441 e. The number of halogens is 1. The molecule has 1 aliphatic heterocycles. The van der Waals surface area contributed by atoms with E-state index < -0.39 is 0 Å². The van der Waals surface area contributed by atoms with Crippen LogP contribution in [0.4, 0.5) is 5.00 Å². The number of nitrogens with zero attached hydrogens (tertiary/aromatic N) is 3. The van der Waals surface area contributed by atoms with Crippen LogP contribution in [0.5, 0.6) is 0 Å². The number of hydrogen-bond acceptors (Lipinski definition) is 5. The summed E-state index contributed by atoms with van der Waals surface area (Å²) in [6.45, 7) is 2.33. The number of benzene rings is 2. The van der Waals surface area contributed by atoms with Crippen LogP contribution >= 0.6 is 22.9 Å². The second-order valence-corrected chi connectivity index (χ2v) is 10.4. The molecule has 2 aromatic carbocycles. The van der Waals surface area contributed by atoms with Gasteiger partial charge in [0.15, 0.2) is 0 Å². The minimum Gasteiger partial charge on any atom is -0.441 e. The first-order chi connectivity index (χ1) is 17.1. The summed E-state index contributed by atoms with van der Waals surface area (Å²) in [5.74, 6) is 1.12. The lowest BCUT2D eigenvalue weighted by atomic mass is 9.91. The van der Waals surface area contributed by atoms with E-state index in [-0.39, 0.29) is 12.5 Å². The number of carbonyl (C=O) groups is 1. The maximum atomic E-state index is 13.5. The third-order valence-electron chi connectivity index (χ3n) is 6.66. The number of carbonyl (C=O) groups excluding carboxylic acids is 1. The van der Waals surface area contributed by atoms with E-state index >= 15 is 0 Å². The molecule has 176 valence electrons. The molecule has 0 N–H and O–H groups in total. The molecule has 0 unspecified atom stereocenters. The summed E-state index contributed by atoms with van der Waals surface area (Å²) in [5, 5.41) is 1.56. The number of thiophene rings is 1. The van der Waals surface area contributed by atoms with Gasteiger partial charge in [-0.05, 0) is 50.3 Å². The molecule has 3 heterocycles. The zero-order chi connectivity index (χ0) is 23.9. The number of aliphatic imine (C=N–C) groups is 1. The Balaban J connectivity index is 1.44. The van der Waals surface area contributed by atoms with Gasteiger partial charge in [0, 0.05) is 16.0 Å². The molecule has 5 nitrogen and oxygen atoms in total. The monoisotopic (exact) mass is 501 g/mol. The molecule has 7 heteroatoms. The van der Waals surface area contributed by atoms with E-state index in [1.165, 1.54) is 16.9 Å². The van der Waals surface area contributed by atoms with Crippen molar-refractivity contribution in [1.82, 2.24) is 4.98 Å². The van der Waals surface area contributed by atoms with Gasteiger partial charge in [0.05, 0.1) is 22.8 Å². The Hall–Kier alpha value is -3.22. The second-order valence-electron chi connectivity index (χ2n) is 8.90. The number of hydrogen-bond donors (Lipinski definition) is 0. The highest BCUT2D eigenvalue weighted by Crippen LogP contribution is 2.43. The number of rotatable bonds is 4. The van der Waals surface area contributed by atoms with Crippen molar-refractivity contribution in [3.05, 3.63) is 92.6 Å². The lowest BCUT2D eigenvalue weighted by Gasteiger charge is -2.20. The van der Waals surface area contributed by atoms with Crippen LogP contribution in [0.25, 0.3) is 11.5 Å². The molecule has 0 fully saturated rings. The van der Waals surface area contributed by atoms with E-state index in [1.807, 2.05) is 54.3 Å². The molecule has 4 aromatic rings. The number of oxazole rings is 1. The zero-order valence-corrected chi connectivity index (χ0v) is 21.0. The number of amides is 1. The van der Waals surface area contributed by atoms with Crippen LogP contribution in [0.2, 0.25) is 5.02 Å². The predicted octanol–water partition coefficient (Wildman–Crippen LogP) is 6.63. The lowest BCUT2D eigenvalue weighted by molar-refractivity contribution is -0.117. The Morgan fingerprint density at radius 3 is 2.66 bits per heavy atom. The molecule has 1 aliphatic carbocycles. The maximum Gasteiger partial charge on any atom is 0.249 e. The van der Waals surface area contributed by atoms with Gasteiger partial charge in [-0.25, -0.2) is 4.98 Å². The van der Waals surface area contributed by atoms with Gasteiger partial charge >= 0.3 is 0 Å². The van der Waals surface area contributed by atoms with Crippen LogP contribution in [0.1, 0.15) is 45.9 Å². The lowest BCUT2D eigenvalue weighted by Crippen LogP contribution is -2.31. The second kappa shape index (κ2) is 9.10. The van der Waals surface area contributed by atoms with Gasteiger partial charge in [0.25, 0.3) is 0 Å². The highest BCUT2D eigenvalue weighted by Gasteiger charge is 2.33. The van der Waals surface area contributed by atoms with E-state index in [0.29, 0.717) is 23.2 Å². The summed E-state index contributed by atoms with van der Waals surface area (Å²) < 4.78 is 5.99. The number of fused-ring (bicyclic) bond motifs is 3. The van der Waals surface area contributed by atoms with Crippen molar-refractivity contribution in [2.24, 2.45) is 4.99 Å². The Kier molecular flexibility index (Phi) is 5.78. The van der Waals surface area contributed by atoms with Crippen LogP contribution in [0.15, 0.2) is 64.0 Å². The third kappa shape index (κ3) is 4.01. The smallest absolute Gasteiger partial charge is 0.249 e. The molecular formula is C28H24ClN3O2S. The zero-order valence-electron chi connectivity index (χ0n) is 19.4. The molecule has 35 heavy (non-hydrogen) atoms. The van der Waals surface area contributed by atoms with Gasteiger partial charge in [-0.1, -0.05) is 54.1 Å². The first kappa shape index (κ1) is 22.3. The Bertz CT molecular complexity index is 1450. The fourth-order valence-electron chi connectivity index (χ4n) is 4.88. The van der Waals surface area contributed by atoms with Crippen molar-refractivity contribution < 1.29 is 9.21 Å². The first-order valence-electron chi connectivity index (χ1n) is 11.9. The maximum absolute atomic E-state index is 13.5. The molecule has 0 bridgehead atoms. The van der Waals surface area contributed by atoms with Gasteiger partial charge in [0.1, 0.15) is 23.0 Å². The van der Waals surface area contributed by atoms with Gasteiger partial charge in [-0.2, -0.15) is 0 Å². The molecule has 0 saturated carbocycles. The van der Waals surface area contributed by atoms with Crippen LogP contribution < -0.4 is 4.90 Å². The minimum atomic E-state index is -0.0301. The summed E-state index contributed by atoms with van der Waals surface area (Å²) in [6.07, 6.45) is 4.42. The van der Waals surface area contributed by atoms with Crippen LogP contribution in [0, 0.1) is 6.92 Å². The normalized spacial score (nSPS) is 15.4. The Morgan fingerprint density at radius 1 is 1.06 bits per heavy atom. The van der Waals surface area contributed by atoms with Gasteiger partial charge in [-0.3, -0.25) is 14.7 Å². The standard InChI is InChI=1S/C28H24ClN3O2S/c1-17-22(31-27(34-17)19-11-5-7-13-21(19)29)16-32-24(33)15-30-26(18-9-3-2-4-10-18)25-20-12-6-8-14-23(20)35-28(25)32/h2-5,7,9-11,13H,6,8,12,14-16H2,1H3. The summed E-state index contributed by atoms with van der Waals surface area (Å²) in [5.41, 5.74) is 5.92. The van der Waals surface area contributed by atoms with Crippen molar-refractivity contribution >= 4 is 39.6 Å². The Labute approximate surface area is 213 Å². The summed E-state index contributed by atoms with van der Waals surface area (Å²) >= 11 is 8.12. The van der Waals surface area contributed by atoms with E-state index in [4.69, 9.17) is 26.0 Å². The molecule has 0 spiro atoms. The fourth-order valence-corrected chi connectivity index (χ4v) is 6.50. The topological polar surface area (TPSA) is 58.7 Å². The number of aryl methyl sites for hydroxylation is 2. The molecule has 1 amide bonds. The summed E-state index contributed by atoms with van der Waals surface area (Å²) in [7, 11) is 0. The quantitative estimate of drug-likeness (QED) is 0.315. The van der Waals surface area contributed by atoms with Gasteiger partial charge < -0.3 is 4.42 Å². The highest BCUT2D eigenvalue weighted by molar-refractivity contribution is 7.17. The van der Waals surface area contributed by atoms with E-state index in [0.717, 1.165) is 52.4 Å². The molecule has 0 saturated heterocycles. The average Bonchev–Trinajstić information content (AvgIpc) is 3.40. The number of aromatic nitrogens is 1. The Morgan fingerprint density at radius 2 is 1.83 bits per heavy atom. The fraction of sp³-hybridized carbons (Fsp3) is 0.250. The molecular weight excluding hydrogens is 478 g/mol.